The van der Waals surface area contributed by atoms with E-state index in [1.165, 1.54) is 6.42 Å². The number of piperidine rings is 1. The van der Waals surface area contributed by atoms with Gasteiger partial charge >= 0.3 is 6.03 Å². The molecule has 3 saturated heterocycles. The standard InChI is InChI=1S/C23H31Cl2N3O5/c24-15-8-16(25)10-17(9-15)26-23(31)28-12-18(29)13-32-14-21-20(28)5-4-19(33-21)11-22(30)27-6-2-1-3-7-27/h8-10,18-21,29H,1-7,11-14H2,(H,26,31)/t18-,19+,20-,21+/m0/s1. The molecule has 0 saturated carbocycles. The van der Waals surface area contributed by atoms with Gasteiger partial charge in [-0.15, -0.1) is 0 Å². The first-order valence-corrected chi connectivity index (χ1v) is 12.4. The van der Waals surface area contributed by atoms with Gasteiger partial charge in [-0.1, -0.05) is 23.2 Å². The number of halogens is 2. The molecular weight excluding hydrogens is 469 g/mol. The van der Waals surface area contributed by atoms with Gasteiger partial charge in [0.25, 0.3) is 0 Å². The molecule has 4 atom stereocenters. The van der Waals surface area contributed by atoms with Crippen molar-refractivity contribution in [3.8, 4) is 0 Å². The molecule has 1 aromatic rings. The molecule has 3 heterocycles. The molecule has 1 aromatic carbocycles. The van der Waals surface area contributed by atoms with Gasteiger partial charge in [0, 0.05) is 28.8 Å². The molecule has 33 heavy (non-hydrogen) atoms. The number of hydrogen-bond donors (Lipinski definition) is 2. The Morgan fingerprint density at radius 2 is 1.79 bits per heavy atom. The number of nitrogens with zero attached hydrogens (tertiary/aromatic N) is 2. The van der Waals surface area contributed by atoms with Gasteiger partial charge in [0.1, 0.15) is 6.10 Å². The van der Waals surface area contributed by atoms with Crippen molar-refractivity contribution in [3.05, 3.63) is 28.2 Å². The Bertz CT molecular complexity index is 831. The fraction of sp³-hybridized carbons (Fsp3) is 0.652. The summed E-state index contributed by atoms with van der Waals surface area (Å²) in [5.41, 5.74) is 0.476. The van der Waals surface area contributed by atoms with Crippen LogP contribution in [0.5, 0.6) is 0 Å². The highest BCUT2D eigenvalue weighted by atomic mass is 35.5. The van der Waals surface area contributed by atoms with E-state index in [-0.39, 0.29) is 49.9 Å². The lowest BCUT2D eigenvalue weighted by atomic mass is 9.94. The van der Waals surface area contributed by atoms with Gasteiger partial charge in [-0.25, -0.2) is 4.79 Å². The Labute approximate surface area is 204 Å². The maximum absolute atomic E-state index is 13.2. The van der Waals surface area contributed by atoms with Crippen molar-refractivity contribution < 1.29 is 24.2 Å². The molecule has 0 radical (unpaired) electrons. The predicted octanol–water partition coefficient (Wildman–Crippen LogP) is 3.54. The number of urea groups is 1. The van der Waals surface area contributed by atoms with Crippen molar-refractivity contribution in [3.63, 3.8) is 0 Å². The van der Waals surface area contributed by atoms with Crippen LogP contribution >= 0.6 is 23.2 Å². The molecule has 2 N–H and O–H groups in total. The fourth-order valence-electron chi connectivity index (χ4n) is 4.86. The second-order valence-electron chi connectivity index (χ2n) is 9.02. The molecule has 8 nitrogen and oxygen atoms in total. The van der Waals surface area contributed by atoms with Crippen LogP contribution in [0.25, 0.3) is 0 Å². The van der Waals surface area contributed by atoms with Gasteiger partial charge in [0.05, 0.1) is 44.4 Å². The quantitative estimate of drug-likeness (QED) is 0.663. The smallest absolute Gasteiger partial charge is 0.322 e. The van der Waals surface area contributed by atoms with Crippen molar-refractivity contribution >= 4 is 40.8 Å². The molecule has 0 unspecified atom stereocenters. The molecule has 3 amide bonds. The van der Waals surface area contributed by atoms with E-state index in [1.807, 2.05) is 4.90 Å². The minimum Gasteiger partial charge on any atom is -0.389 e. The SMILES string of the molecule is O=C(C[C@H]1CC[C@H]2[C@@H](COC[C@@H](O)CN2C(=O)Nc2cc(Cl)cc(Cl)c2)O1)N1CCCCC1. The van der Waals surface area contributed by atoms with E-state index in [9.17, 15) is 14.7 Å². The first-order chi connectivity index (χ1) is 15.9. The van der Waals surface area contributed by atoms with E-state index in [2.05, 4.69) is 5.32 Å². The van der Waals surface area contributed by atoms with E-state index < -0.39 is 6.10 Å². The largest absolute Gasteiger partial charge is 0.389 e. The van der Waals surface area contributed by atoms with Gasteiger partial charge in [-0.05, 0) is 50.3 Å². The van der Waals surface area contributed by atoms with Crippen molar-refractivity contribution in [2.75, 3.05) is 38.2 Å². The highest BCUT2D eigenvalue weighted by Gasteiger charge is 2.40. The summed E-state index contributed by atoms with van der Waals surface area (Å²) in [4.78, 5) is 29.4. The zero-order valence-electron chi connectivity index (χ0n) is 18.6. The van der Waals surface area contributed by atoms with Gasteiger partial charge in [-0.2, -0.15) is 0 Å². The van der Waals surface area contributed by atoms with Crippen LogP contribution in [0.2, 0.25) is 10.0 Å². The van der Waals surface area contributed by atoms with Crippen LogP contribution in [-0.2, 0) is 14.3 Å². The summed E-state index contributed by atoms with van der Waals surface area (Å²) in [5, 5.41) is 14.0. The van der Waals surface area contributed by atoms with Crippen LogP contribution < -0.4 is 5.32 Å². The number of ether oxygens (including phenoxy) is 2. The average Bonchev–Trinajstić information content (AvgIpc) is 2.76. The Balaban J connectivity index is 1.42. The fourth-order valence-corrected chi connectivity index (χ4v) is 5.39. The minimum absolute atomic E-state index is 0.108. The highest BCUT2D eigenvalue weighted by Crippen LogP contribution is 2.29. The molecule has 0 spiro atoms. The number of hydrogen-bond acceptors (Lipinski definition) is 5. The number of amides is 3. The second kappa shape index (κ2) is 11.2. The number of rotatable bonds is 3. The molecule has 4 rings (SSSR count). The minimum atomic E-state index is -0.807. The molecule has 0 aromatic heterocycles. The number of β-amino-alcohol motifs (C(OH)–C–C–N with tert-alkyl or cyclic N) is 1. The molecule has 182 valence electrons. The van der Waals surface area contributed by atoms with Crippen LogP contribution in [-0.4, -0.2) is 84.0 Å². The summed E-state index contributed by atoms with van der Waals surface area (Å²) < 4.78 is 11.9. The maximum Gasteiger partial charge on any atom is 0.322 e. The zero-order valence-corrected chi connectivity index (χ0v) is 20.1. The van der Waals surface area contributed by atoms with Crippen molar-refractivity contribution in [1.29, 1.82) is 0 Å². The second-order valence-corrected chi connectivity index (χ2v) is 9.89. The first kappa shape index (κ1) is 24.5. The number of likely N-dealkylation sites (tertiary alicyclic amines) is 1. The summed E-state index contributed by atoms with van der Waals surface area (Å²) >= 11 is 12.1. The number of fused-ring (bicyclic) bond motifs is 1. The summed E-state index contributed by atoms with van der Waals surface area (Å²) in [5.74, 6) is 0.132. The van der Waals surface area contributed by atoms with E-state index in [0.717, 1.165) is 25.9 Å². The Hall–Kier alpha value is -1.58. The summed E-state index contributed by atoms with van der Waals surface area (Å²) in [7, 11) is 0. The van der Waals surface area contributed by atoms with Crippen LogP contribution in [0, 0.1) is 0 Å². The van der Waals surface area contributed by atoms with E-state index in [1.54, 1.807) is 23.1 Å². The van der Waals surface area contributed by atoms with Crippen molar-refractivity contribution in [2.45, 2.75) is 62.9 Å². The van der Waals surface area contributed by atoms with Crippen LogP contribution in [0.4, 0.5) is 10.5 Å². The average molecular weight is 500 g/mol. The molecule has 10 heteroatoms. The Kier molecular flexibility index (Phi) is 8.35. The predicted molar refractivity (Wildman–Crippen MR) is 126 cm³/mol. The summed E-state index contributed by atoms with van der Waals surface area (Å²) in [6.45, 7) is 2.11. The van der Waals surface area contributed by atoms with E-state index >= 15 is 0 Å². The molecule has 3 aliphatic rings. The van der Waals surface area contributed by atoms with Crippen LogP contribution in [0.3, 0.4) is 0 Å². The van der Waals surface area contributed by atoms with E-state index in [0.29, 0.717) is 35.0 Å². The van der Waals surface area contributed by atoms with Crippen molar-refractivity contribution in [1.82, 2.24) is 9.80 Å². The van der Waals surface area contributed by atoms with Gasteiger partial charge in [0.2, 0.25) is 5.91 Å². The molecule has 3 fully saturated rings. The maximum atomic E-state index is 13.2. The topological polar surface area (TPSA) is 91.3 Å². The normalized spacial score (nSPS) is 28.5. The van der Waals surface area contributed by atoms with Gasteiger partial charge < -0.3 is 29.7 Å². The molecule has 0 aliphatic carbocycles. The lowest BCUT2D eigenvalue weighted by molar-refractivity contribution is -0.154. The zero-order chi connectivity index (χ0) is 23.4. The molecule has 0 bridgehead atoms. The third-order valence-electron chi connectivity index (χ3n) is 6.47. The van der Waals surface area contributed by atoms with E-state index in [4.69, 9.17) is 32.7 Å². The summed E-state index contributed by atoms with van der Waals surface area (Å²) in [6.07, 6.45) is 3.56. The number of carbonyl (C=O) groups excluding carboxylic acids is 2. The highest BCUT2D eigenvalue weighted by molar-refractivity contribution is 6.35. The number of nitrogens with one attached hydrogen (secondary N) is 1. The van der Waals surface area contributed by atoms with Crippen molar-refractivity contribution in [2.24, 2.45) is 0 Å². The monoisotopic (exact) mass is 499 g/mol. The Morgan fingerprint density at radius 3 is 2.52 bits per heavy atom. The van der Waals surface area contributed by atoms with Gasteiger partial charge in [0.15, 0.2) is 0 Å². The third kappa shape index (κ3) is 6.51. The number of aliphatic hydroxyl groups excluding tert-OH is 1. The number of anilines is 1. The lowest BCUT2D eigenvalue weighted by Crippen LogP contribution is -2.58. The molecular formula is C23H31Cl2N3O5. The number of benzene rings is 1. The third-order valence-corrected chi connectivity index (χ3v) is 6.90. The van der Waals surface area contributed by atoms with Crippen LogP contribution in [0.15, 0.2) is 18.2 Å². The molecule has 3 aliphatic heterocycles. The number of aliphatic hydroxyl groups is 1. The van der Waals surface area contributed by atoms with Gasteiger partial charge in [-0.3, -0.25) is 4.79 Å². The summed E-state index contributed by atoms with van der Waals surface area (Å²) in [6, 6.07) is 4.18. The lowest BCUT2D eigenvalue weighted by Gasteiger charge is -2.44. The van der Waals surface area contributed by atoms with Crippen LogP contribution in [0.1, 0.15) is 38.5 Å². The first-order valence-electron chi connectivity index (χ1n) is 11.6. The Morgan fingerprint density at radius 1 is 1.06 bits per heavy atom. The number of carbonyl (C=O) groups is 2.